The van der Waals surface area contributed by atoms with Crippen LogP contribution in [0.1, 0.15) is 46.7 Å². The fourth-order valence-corrected chi connectivity index (χ4v) is 3.27. The topological polar surface area (TPSA) is 85.6 Å². The van der Waals surface area contributed by atoms with E-state index in [0.717, 1.165) is 0 Å². The van der Waals surface area contributed by atoms with Gasteiger partial charge in [-0.1, -0.05) is 13.8 Å². The van der Waals surface area contributed by atoms with Crippen LogP contribution in [0.25, 0.3) is 5.69 Å². The van der Waals surface area contributed by atoms with Gasteiger partial charge in [0.05, 0.1) is 7.11 Å². The van der Waals surface area contributed by atoms with Crippen LogP contribution in [0.5, 0.6) is 5.75 Å². The van der Waals surface area contributed by atoms with E-state index in [2.05, 4.69) is 0 Å². The van der Waals surface area contributed by atoms with Gasteiger partial charge in [0, 0.05) is 23.4 Å². The first-order valence-corrected chi connectivity index (χ1v) is 7.93. The molecule has 0 bridgehead atoms. The van der Waals surface area contributed by atoms with Crippen molar-refractivity contribution in [1.82, 2.24) is 4.57 Å². The number of methoxy groups -OCH3 is 1. The Morgan fingerprint density at radius 2 is 1.80 bits per heavy atom. The zero-order chi connectivity index (χ0) is 18.4. The molecule has 2 aromatic rings. The Hall–Kier alpha value is -2.89. The number of nitrogens with zero attached hydrogens (tertiary/aromatic N) is 1. The number of ether oxygens (including phenoxy) is 1. The second-order valence-electron chi connectivity index (χ2n) is 7.00. The Kier molecular flexibility index (Phi) is 3.99. The molecule has 0 unspecified atom stereocenters. The second-order valence-corrected chi connectivity index (χ2v) is 7.00. The van der Waals surface area contributed by atoms with E-state index in [4.69, 9.17) is 4.74 Å². The number of hydrogen-bond donors (Lipinski definition) is 1. The number of carboxylic acid groups (broad SMARTS) is 1. The van der Waals surface area contributed by atoms with E-state index in [1.54, 1.807) is 24.3 Å². The van der Waals surface area contributed by atoms with Gasteiger partial charge in [-0.15, -0.1) is 0 Å². The molecule has 0 spiro atoms. The monoisotopic (exact) mass is 341 g/mol. The minimum absolute atomic E-state index is 0.143. The number of carbonyl (C=O) groups excluding carboxylic acids is 1. The lowest BCUT2D eigenvalue weighted by atomic mass is 9.75. The maximum absolute atomic E-state index is 12.8. The van der Waals surface area contributed by atoms with E-state index in [1.807, 2.05) is 13.8 Å². The number of benzene rings is 1. The Labute approximate surface area is 144 Å². The third-order valence-electron chi connectivity index (χ3n) is 4.45. The number of pyridine rings is 1. The predicted octanol–water partition coefficient (Wildman–Crippen LogP) is 2.70. The van der Waals surface area contributed by atoms with Gasteiger partial charge in [0.15, 0.2) is 5.78 Å². The van der Waals surface area contributed by atoms with Gasteiger partial charge in [0.25, 0.3) is 5.56 Å². The highest BCUT2D eigenvalue weighted by atomic mass is 16.5. The summed E-state index contributed by atoms with van der Waals surface area (Å²) in [4.78, 5) is 36.8. The summed E-state index contributed by atoms with van der Waals surface area (Å²) >= 11 is 0. The molecule has 0 saturated carbocycles. The summed E-state index contributed by atoms with van der Waals surface area (Å²) in [5.41, 5.74) is 0.0453. The first kappa shape index (κ1) is 17.0. The summed E-state index contributed by atoms with van der Waals surface area (Å²) in [5.74, 6) is -0.861. The molecule has 1 N–H and O–H groups in total. The third kappa shape index (κ3) is 2.95. The van der Waals surface area contributed by atoms with Crippen LogP contribution in [0.4, 0.5) is 0 Å². The van der Waals surface area contributed by atoms with E-state index in [-0.39, 0.29) is 11.2 Å². The molecule has 0 atom stereocenters. The molecule has 1 aromatic heterocycles. The lowest BCUT2D eigenvalue weighted by molar-refractivity contribution is 0.0694. The normalized spacial score (nSPS) is 15.6. The molecule has 0 amide bonds. The fraction of sp³-hybridized carbons (Fsp3) is 0.316. The number of carbonyl (C=O) groups is 2. The van der Waals surface area contributed by atoms with Crippen molar-refractivity contribution in [1.29, 1.82) is 0 Å². The summed E-state index contributed by atoms with van der Waals surface area (Å²) in [5, 5.41) is 9.37. The van der Waals surface area contributed by atoms with E-state index in [0.29, 0.717) is 35.5 Å². The number of Topliss-reactive ketones (excluding diaryl/α,β-unsaturated/α-hetero) is 1. The zero-order valence-corrected chi connectivity index (χ0v) is 14.3. The van der Waals surface area contributed by atoms with E-state index in [9.17, 15) is 19.5 Å². The summed E-state index contributed by atoms with van der Waals surface area (Å²) < 4.78 is 6.47. The molecule has 1 heterocycles. The fourth-order valence-electron chi connectivity index (χ4n) is 3.27. The van der Waals surface area contributed by atoms with Crippen molar-refractivity contribution in [3.8, 4) is 11.4 Å². The summed E-state index contributed by atoms with van der Waals surface area (Å²) in [6.45, 7) is 3.92. The van der Waals surface area contributed by atoms with Gasteiger partial charge in [0.1, 0.15) is 11.3 Å². The largest absolute Gasteiger partial charge is 0.497 e. The molecular weight excluding hydrogens is 322 g/mol. The second kappa shape index (κ2) is 5.88. The van der Waals surface area contributed by atoms with Crippen LogP contribution in [0.3, 0.4) is 0 Å². The van der Waals surface area contributed by atoms with Crippen LogP contribution >= 0.6 is 0 Å². The van der Waals surface area contributed by atoms with Crippen LogP contribution < -0.4 is 10.3 Å². The van der Waals surface area contributed by atoms with Crippen molar-refractivity contribution in [2.45, 2.75) is 26.7 Å². The van der Waals surface area contributed by atoms with Gasteiger partial charge in [0.2, 0.25) is 0 Å². The minimum atomic E-state index is -1.34. The molecule has 1 aliphatic carbocycles. The van der Waals surface area contributed by atoms with Crippen molar-refractivity contribution in [3.05, 3.63) is 57.5 Å². The van der Waals surface area contributed by atoms with Crippen LogP contribution in [0.15, 0.2) is 35.1 Å². The lowest BCUT2D eigenvalue weighted by Crippen LogP contribution is -2.36. The van der Waals surface area contributed by atoms with Crippen LogP contribution in [0, 0.1) is 5.41 Å². The molecular formula is C19H19NO5. The van der Waals surface area contributed by atoms with E-state index < -0.39 is 17.1 Å². The maximum Gasteiger partial charge on any atom is 0.341 e. The van der Waals surface area contributed by atoms with Crippen LogP contribution in [-0.4, -0.2) is 28.5 Å². The molecule has 6 heteroatoms. The number of carboxylic acids is 1. The number of aromatic carboxylic acids is 1. The predicted molar refractivity (Wildman–Crippen MR) is 92.0 cm³/mol. The number of ketones is 1. The van der Waals surface area contributed by atoms with Crippen LogP contribution in [-0.2, 0) is 6.42 Å². The van der Waals surface area contributed by atoms with Crippen LogP contribution in [0.2, 0.25) is 0 Å². The van der Waals surface area contributed by atoms with Gasteiger partial charge in [-0.05, 0) is 42.2 Å². The number of fused-ring (bicyclic) bond motifs is 1. The molecule has 130 valence electrons. The standard InChI is InChI=1S/C19H19NO5/c1-19(2)9-15-13(16(21)10-19)8-14(18(23)24)17(22)20(15)11-4-6-12(25-3)7-5-11/h4-8H,9-10H2,1-3H3,(H,23,24). The first-order valence-electron chi connectivity index (χ1n) is 7.93. The molecule has 0 saturated heterocycles. The minimum Gasteiger partial charge on any atom is -0.497 e. The highest BCUT2D eigenvalue weighted by Gasteiger charge is 2.34. The van der Waals surface area contributed by atoms with Gasteiger partial charge in [-0.2, -0.15) is 0 Å². The Balaban J connectivity index is 2.33. The SMILES string of the molecule is COc1ccc(-n2c3c(cc(C(=O)O)c2=O)C(=O)CC(C)(C)C3)cc1. The Morgan fingerprint density at radius 1 is 1.16 bits per heavy atom. The molecule has 0 radical (unpaired) electrons. The van der Waals surface area contributed by atoms with Gasteiger partial charge in [-0.3, -0.25) is 14.2 Å². The molecule has 0 aliphatic heterocycles. The molecule has 25 heavy (non-hydrogen) atoms. The number of hydrogen-bond acceptors (Lipinski definition) is 4. The maximum atomic E-state index is 12.8. The average Bonchev–Trinajstić information content (AvgIpc) is 2.53. The molecule has 0 fully saturated rings. The summed E-state index contributed by atoms with van der Waals surface area (Å²) in [6.07, 6.45) is 0.828. The van der Waals surface area contributed by atoms with Gasteiger partial charge < -0.3 is 9.84 Å². The van der Waals surface area contributed by atoms with Crippen molar-refractivity contribution < 1.29 is 19.4 Å². The number of rotatable bonds is 3. The number of aromatic nitrogens is 1. The highest BCUT2D eigenvalue weighted by molar-refractivity contribution is 6.01. The van der Waals surface area contributed by atoms with E-state index in [1.165, 1.54) is 17.7 Å². The van der Waals surface area contributed by atoms with Crippen molar-refractivity contribution in [3.63, 3.8) is 0 Å². The first-order chi connectivity index (χ1) is 11.7. The smallest absolute Gasteiger partial charge is 0.341 e. The molecule has 6 nitrogen and oxygen atoms in total. The van der Waals surface area contributed by atoms with Gasteiger partial charge in [-0.25, -0.2) is 4.79 Å². The lowest BCUT2D eigenvalue weighted by Gasteiger charge is -2.32. The zero-order valence-electron chi connectivity index (χ0n) is 14.3. The average molecular weight is 341 g/mol. The third-order valence-corrected chi connectivity index (χ3v) is 4.45. The molecule has 1 aromatic carbocycles. The molecule has 1 aliphatic rings. The van der Waals surface area contributed by atoms with Crippen molar-refractivity contribution in [2.75, 3.05) is 7.11 Å². The van der Waals surface area contributed by atoms with Gasteiger partial charge >= 0.3 is 5.97 Å². The highest BCUT2D eigenvalue weighted by Crippen LogP contribution is 2.35. The quantitative estimate of drug-likeness (QED) is 0.928. The Bertz CT molecular complexity index is 922. The summed E-state index contributed by atoms with van der Waals surface area (Å²) in [7, 11) is 1.54. The van der Waals surface area contributed by atoms with Crippen molar-refractivity contribution in [2.24, 2.45) is 5.41 Å². The molecule has 3 rings (SSSR count). The van der Waals surface area contributed by atoms with Crippen molar-refractivity contribution >= 4 is 11.8 Å². The summed E-state index contributed by atoms with van der Waals surface area (Å²) in [6, 6.07) is 7.96. The Morgan fingerprint density at radius 3 is 2.36 bits per heavy atom. The van der Waals surface area contributed by atoms with E-state index >= 15 is 0 Å².